The van der Waals surface area contributed by atoms with Crippen LogP contribution in [-0.4, -0.2) is 100 Å². The highest BCUT2D eigenvalue weighted by molar-refractivity contribution is 6.01. The number of aliphatic hydroxyl groups is 2. The minimum Gasteiger partial charge on any atom is -0.481 e. The fraction of sp³-hybridized carbons (Fsp3) is 0.644. The molecule has 8 N–H and O–H groups in total. The van der Waals surface area contributed by atoms with Gasteiger partial charge in [0.25, 0.3) is 0 Å². The Bertz CT molecular complexity index is 2010. The van der Waals surface area contributed by atoms with Gasteiger partial charge in [0.15, 0.2) is 23.5 Å². The number of carbonyl (C=O) groups excluding carboxylic acids is 5. The highest BCUT2D eigenvalue weighted by Crippen LogP contribution is 2.70. The predicted octanol–water partition coefficient (Wildman–Crippen LogP) is 1.86. The Kier molecular flexibility index (Phi) is 11.7. The van der Waals surface area contributed by atoms with Crippen LogP contribution in [0.3, 0.4) is 0 Å². The van der Waals surface area contributed by atoms with E-state index in [-0.39, 0.29) is 47.8 Å². The summed E-state index contributed by atoms with van der Waals surface area (Å²) in [6.07, 6.45) is 9.65. The van der Waals surface area contributed by atoms with E-state index in [1.54, 1.807) is 12.2 Å². The lowest BCUT2D eigenvalue weighted by molar-refractivity contribution is -0.201. The highest BCUT2D eigenvalue weighted by Gasteiger charge is 2.76. The van der Waals surface area contributed by atoms with Crippen LogP contribution >= 0.6 is 0 Å². The first kappa shape index (κ1) is 43.3. The van der Waals surface area contributed by atoms with Crippen molar-refractivity contribution in [2.75, 3.05) is 19.8 Å². The average Bonchev–Trinajstić information content (AvgIpc) is 3.69. The van der Waals surface area contributed by atoms with Crippen molar-refractivity contribution in [3.63, 3.8) is 0 Å². The maximum atomic E-state index is 13.9. The van der Waals surface area contributed by atoms with Gasteiger partial charge in [-0.25, -0.2) is 5.90 Å². The summed E-state index contributed by atoms with van der Waals surface area (Å²) < 4.78 is 13.4. The maximum Gasteiger partial charge on any atom is 0.303 e. The molecule has 0 radical (unpaired) electrons. The molecule has 330 valence electrons. The van der Waals surface area contributed by atoms with Crippen LogP contribution in [0.1, 0.15) is 95.5 Å². The summed E-state index contributed by atoms with van der Waals surface area (Å²) in [6, 6.07) is 6.92. The number of hydrogen-bond donors (Lipinski definition) is 7. The molecule has 16 nitrogen and oxygen atoms in total. The van der Waals surface area contributed by atoms with Crippen LogP contribution < -0.4 is 21.8 Å². The predicted molar refractivity (Wildman–Crippen MR) is 215 cm³/mol. The Morgan fingerprint density at radius 1 is 1.03 bits per heavy atom. The highest BCUT2D eigenvalue weighted by atomic mass is 16.7. The molecule has 6 aliphatic carbocycles. The van der Waals surface area contributed by atoms with Gasteiger partial charge >= 0.3 is 5.97 Å². The number of carbonyl (C=O) groups is 6. The molecule has 1 aromatic carbocycles. The Morgan fingerprint density at radius 3 is 2.46 bits per heavy atom. The fourth-order valence-corrected chi connectivity index (χ4v) is 13.1. The number of amides is 3. The second-order valence-corrected chi connectivity index (χ2v) is 19.3. The molecular weight excluding hydrogens is 789 g/mol. The second-order valence-electron chi connectivity index (χ2n) is 19.3. The molecule has 0 unspecified atom stereocenters. The van der Waals surface area contributed by atoms with Crippen LogP contribution in [0.4, 0.5) is 0 Å². The van der Waals surface area contributed by atoms with Gasteiger partial charge in [0.1, 0.15) is 19.3 Å². The van der Waals surface area contributed by atoms with E-state index in [9.17, 15) is 39.0 Å². The van der Waals surface area contributed by atoms with E-state index in [2.05, 4.69) is 39.8 Å². The molecule has 61 heavy (non-hydrogen) atoms. The zero-order chi connectivity index (χ0) is 43.5. The number of carboxylic acid groups (broad SMARTS) is 1. The summed E-state index contributed by atoms with van der Waals surface area (Å²) >= 11 is 0. The SMILES string of the molecule is C[C@]12C=CC(=O)C=C1CC[C@@H]1[C@@H]2[C@@H](O)C[C@@]2(C)[C@H]1C[C@H]1O[C@@H](c3ccc(CC4CC5(C4)CC(NC(=O)[C@H](CCC(=O)O)NC(=O)CNC(=O)CON)C5)cc3)O[C@]12C(=O)CO. The maximum absolute atomic E-state index is 13.9. The van der Waals surface area contributed by atoms with E-state index in [0.717, 1.165) is 61.6 Å². The molecule has 16 heteroatoms. The summed E-state index contributed by atoms with van der Waals surface area (Å²) in [5, 5.41) is 39.2. The van der Waals surface area contributed by atoms with Crippen molar-refractivity contribution in [1.82, 2.24) is 16.0 Å². The fourth-order valence-electron chi connectivity index (χ4n) is 13.1. The van der Waals surface area contributed by atoms with Crippen LogP contribution in [0, 0.1) is 39.9 Å². The second kappa shape index (κ2) is 16.4. The first-order valence-corrected chi connectivity index (χ1v) is 21.6. The number of allylic oxidation sites excluding steroid dienone is 4. The number of fused-ring (bicyclic) bond motifs is 7. The monoisotopic (exact) mass is 846 g/mol. The molecule has 0 bridgehead atoms. The smallest absolute Gasteiger partial charge is 0.303 e. The van der Waals surface area contributed by atoms with E-state index in [1.165, 1.54) is 0 Å². The number of nitrogens with one attached hydrogen (secondary N) is 3. The molecule has 3 amide bonds. The molecule has 8 rings (SSSR count). The molecule has 6 fully saturated rings. The molecule has 5 saturated carbocycles. The first-order chi connectivity index (χ1) is 29.0. The van der Waals surface area contributed by atoms with Crippen LogP contribution in [0.5, 0.6) is 0 Å². The third kappa shape index (κ3) is 7.66. The molecule has 1 aliphatic heterocycles. The van der Waals surface area contributed by atoms with Crippen molar-refractivity contribution in [3.8, 4) is 0 Å². The lowest BCUT2D eigenvalue weighted by Gasteiger charge is -2.59. The number of rotatable bonds is 15. The zero-order valence-electron chi connectivity index (χ0n) is 34.7. The van der Waals surface area contributed by atoms with E-state index >= 15 is 0 Å². The topological polar surface area (TPSA) is 253 Å². The summed E-state index contributed by atoms with van der Waals surface area (Å²) in [7, 11) is 0. The van der Waals surface area contributed by atoms with Gasteiger partial charge in [0.05, 0.1) is 18.8 Å². The molecule has 1 saturated heterocycles. The number of ether oxygens (including phenoxy) is 2. The number of hydrogen-bond acceptors (Lipinski definition) is 12. The molecular formula is C45H58N4O12. The number of ketones is 2. The minimum absolute atomic E-state index is 0.0144. The van der Waals surface area contributed by atoms with E-state index < -0.39 is 90.2 Å². The number of nitrogens with two attached hydrogens (primary N) is 1. The number of carboxylic acids is 1. The lowest BCUT2D eigenvalue weighted by atomic mass is 9.46. The van der Waals surface area contributed by atoms with Crippen LogP contribution in [0.15, 0.2) is 48.1 Å². The minimum atomic E-state index is -1.41. The van der Waals surface area contributed by atoms with Gasteiger partial charge in [-0.3, -0.25) is 33.6 Å². The number of aliphatic hydroxyl groups excluding tert-OH is 2. The van der Waals surface area contributed by atoms with Crippen LogP contribution in [0.25, 0.3) is 0 Å². The molecule has 1 heterocycles. The third-order valence-corrected chi connectivity index (χ3v) is 15.7. The molecule has 1 aromatic rings. The van der Waals surface area contributed by atoms with Gasteiger partial charge in [0, 0.05) is 34.8 Å². The number of benzene rings is 1. The first-order valence-electron chi connectivity index (χ1n) is 21.6. The summed E-state index contributed by atoms with van der Waals surface area (Å²) in [4.78, 5) is 78.7. The van der Waals surface area contributed by atoms with E-state index in [1.807, 2.05) is 25.1 Å². The largest absolute Gasteiger partial charge is 0.481 e. The van der Waals surface area contributed by atoms with Crippen molar-refractivity contribution < 1.29 is 58.4 Å². The Balaban J connectivity index is 0.845. The number of Topliss-reactive ketones (excluding diaryl/α,β-unsaturated/α-hetero) is 1. The van der Waals surface area contributed by atoms with Gasteiger partial charge in [-0.1, -0.05) is 49.8 Å². The normalized spacial score (nSPS) is 38.4. The number of aliphatic carboxylic acids is 1. The van der Waals surface area contributed by atoms with Gasteiger partial charge in [0.2, 0.25) is 17.7 Å². The van der Waals surface area contributed by atoms with Gasteiger partial charge in [-0.05, 0) is 105 Å². The molecule has 7 aliphatic rings. The van der Waals surface area contributed by atoms with Crippen molar-refractivity contribution >= 4 is 35.3 Å². The quantitative estimate of drug-likeness (QED) is 0.125. The van der Waals surface area contributed by atoms with Crippen LogP contribution in [0.2, 0.25) is 0 Å². The van der Waals surface area contributed by atoms with Crippen molar-refractivity contribution in [2.45, 2.75) is 121 Å². The zero-order valence-corrected chi connectivity index (χ0v) is 34.7. The Hall–Kier alpha value is -4.32. The summed E-state index contributed by atoms with van der Waals surface area (Å²) in [6.45, 7) is 2.60. The van der Waals surface area contributed by atoms with Gasteiger partial charge in [-0.2, -0.15) is 0 Å². The lowest BCUT2D eigenvalue weighted by Crippen LogP contribution is -2.63. The molecule has 10 atom stereocenters. The van der Waals surface area contributed by atoms with Gasteiger partial charge < -0.3 is 40.7 Å². The van der Waals surface area contributed by atoms with Crippen molar-refractivity contribution in [1.29, 1.82) is 0 Å². The standard InChI is InChI=1S/C45H58N4O12/c1-42-12-11-29(51)14-27(42)7-8-30-31-15-35-45(34(53)22-50,43(31,2)20-33(52)39(30)42)61-41(60-35)26-5-3-24(4-6-26)13-25-16-44(17-25)18-28(19-44)48-40(58)32(9-10-38(56)57)49-36(54)21-47-37(55)23-59-46/h3-6,11-12,14,25,28,30-33,35,39,41,50,52H,7-10,13,15-23,46H2,1-2H3,(H,47,55)(H,48,58)(H,49,54)(H,56,57)/t25?,28?,30-,31-,32-,33-,35+,39+,41+,42-,43-,44?,45+/m0/s1. The van der Waals surface area contributed by atoms with Crippen molar-refractivity contribution in [3.05, 3.63) is 59.2 Å². The third-order valence-electron chi connectivity index (χ3n) is 15.7. The van der Waals surface area contributed by atoms with Gasteiger partial charge in [-0.15, -0.1) is 0 Å². The molecule has 1 spiro atoms. The Labute approximate surface area is 354 Å². The molecule has 0 aromatic heterocycles. The van der Waals surface area contributed by atoms with Crippen LogP contribution in [-0.2, 0) is 49.5 Å². The Morgan fingerprint density at radius 2 is 1.77 bits per heavy atom. The van der Waals surface area contributed by atoms with E-state index in [0.29, 0.717) is 18.8 Å². The summed E-state index contributed by atoms with van der Waals surface area (Å²) in [5.41, 5.74) is 0.489. The summed E-state index contributed by atoms with van der Waals surface area (Å²) in [5.74, 6) is 2.05. The van der Waals surface area contributed by atoms with Crippen molar-refractivity contribution in [2.24, 2.45) is 45.8 Å². The van der Waals surface area contributed by atoms with E-state index in [4.69, 9.17) is 20.5 Å². The average molecular weight is 847 g/mol.